The van der Waals surface area contributed by atoms with Gasteiger partial charge in [0, 0.05) is 43.3 Å². The van der Waals surface area contributed by atoms with Gasteiger partial charge >= 0.3 is 0 Å². The number of aryl methyl sites for hydroxylation is 1. The van der Waals surface area contributed by atoms with Crippen molar-refractivity contribution in [1.82, 2.24) is 20.2 Å². The molecule has 0 unspecified atom stereocenters. The van der Waals surface area contributed by atoms with E-state index >= 15 is 0 Å². The lowest BCUT2D eigenvalue weighted by atomic mass is 9.83. The van der Waals surface area contributed by atoms with Gasteiger partial charge in [-0.3, -0.25) is 14.7 Å². The van der Waals surface area contributed by atoms with E-state index < -0.39 is 12.5 Å². The van der Waals surface area contributed by atoms with Crippen molar-refractivity contribution in [2.24, 2.45) is 5.92 Å². The van der Waals surface area contributed by atoms with Crippen molar-refractivity contribution in [3.63, 3.8) is 0 Å². The van der Waals surface area contributed by atoms with Crippen LogP contribution in [-0.2, 0) is 25.8 Å². The van der Waals surface area contributed by atoms with Crippen LogP contribution >= 0.6 is 11.3 Å². The number of carbonyl (C=O) groups excluding carboxylic acids is 1. The van der Waals surface area contributed by atoms with Crippen LogP contribution in [-0.4, -0.2) is 52.4 Å². The number of nitrogens with one attached hydrogen (secondary N) is 1. The van der Waals surface area contributed by atoms with Gasteiger partial charge in [0.05, 0.1) is 11.3 Å². The Labute approximate surface area is 215 Å². The molecule has 2 aliphatic carbocycles. The third-order valence-electron chi connectivity index (χ3n) is 7.79. The lowest BCUT2D eigenvalue weighted by Gasteiger charge is -2.32. The molecular formula is C27H36F2N4O2S. The first kappa shape index (κ1) is 25.5. The maximum atomic E-state index is 13.1. The predicted octanol–water partition coefficient (Wildman–Crippen LogP) is 5.19. The van der Waals surface area contributed by atoms with Crippen molar-refractivity contribution in [3.05, 3.63) is 39.7 Å². The number of amides is 1. The van der Waals surface area contributed by atoms with Gasteiger partial charge in [0.2, 0.25) is 0 Å². The average Bonchev–Trinajstić information content (AvgIpc) is 3.29. The second-order valence-electron chi connectivity index (χ2n) is 10.7. The third-order valence-corrected chi connectivity index (χ3v) is 8.86. The van der Waals surface area contributed by atoms with Crippen LogP contribution in [0.5, 0.6) is 5.19 Å². The topological polar surface area (TPSA) is 67.3 Å². The van der Waals surface area contributed by atoms with E-state index in [1.54, 1.807) is 6.20 Å². The number of carbonyl (C=O) groups is 1. The molecule has 2 aromatic rings. The molecule has 0 radical (unpaired) electrons. The van der Waals surface area contributed by atoms with Crippen molar-refractivity contribution >= 4 is 17.2 Å². The highest BCUT2D eigenvalue weighted by Gasteiger charge is 2.28. The molecule has 1 N–H and O–H groups in total. The number of hydrogen-bond acceptors (Lipinski definition) is 6. The van der Waals surface area contributed by atoms with E-state index in [4.69, 9.17) is 4.74 Å². The maximum absolute atomic E-state index is 13.1. The molecule has 3 aliphatic rings. The Morgan fingerprint density at radius 3 is 2.81 bits per heavy atom. The highest BCUT2D eigenvalue weighted by molar-refractivity contribution is 7.13. The van der Waals surface area contributed by atoms with Gasteiger partial charge in [-0.1, -0.05) is 11.3 Å². The summed E-state index contributed by atoms with van der Waals surface area (Å²) in [5.74, 6) is -2.13. The van der Waals surface area contributed by atoms with Crippen molar-refractivity contribution < 1.29 is 18.3 Å². The molecule has 6 nitrogen and oxygen atoms in total. The minimum atomic E-state index is -2.85. The standard InChI is InChI=1S/C27H36F2N4O2S/c1-27(28,29)17-35-26-32-23-16-33(13-11-24(23)36-26)12-10-18-6-8-20(9-7-18)31-25(34)22-15-30-14-19-4-2-3-5-21(19)22/h14-15,18,20H,2-13,16-17H2,1H3,(H,31,34). The highest BCUT2D eigenvalue weighted by Crippen LogP contribution is 2.32. The van der Waals surface area contributed by atoms with Crippen LogP contribution in [0, 0.1) is 5.92 Å². The number of nitrogens with zero attached hydrogens (tertiary/aromatic N) is 3. The number of halogens is 2. The Balaban J connectivity index is 1.05. The zero-order chi connectivity index (χ0) is 25.1. The van der Waals surface area contributed by atoms with E-state index in [2.05, 4.69) is 20.2 Å². The van der Waals surface area contributed by atoms with Crippen LogP contribution in [0.2, 0.25) is 0 Å². The van der Waals surface area contributed by atoms with E-state index in [1.807, 2.05) is 6.20 Å². The lowest BCUT2D eigenvalue weighted by Crippen LogP contribution is -2.39. The van der Waals surface area contributed by atoms with Crippen molar-refractivity contribution in [2.45, 2.75) is 89.6 Å². The number of pyridine rings is 1. The molecule has 1 aliphatic heterocycles. The molecular weight excluding hydrogens is 482 g/mol. The van der Waals surface area contributed by atoms with Crippen LogP contribution < -0.4 is 10.1 Å². The minimum Gasteiger partial charge on any atom is -0.464 e. The van der Waals surface area contributed by atoms with Crippen molar-refractivity contribution in [2.75, 3.05) is 19.7 Å². The smallest absolute Gasteiger partial charge is 0.278 e. The average molecular weight is 519 g/mol. The van der Waals surface area contributed by atoms with Gasteiger partial charge in [0.1, 0.15) is 0 Å². The molecule has 1 fully saturated rings. The molecule has 0 atom stereocenters. The van der Waals surface area contributed by atoms with Gasteiger partial charge in [-0.25, -0.2) is 13.8 Å². The van der Waals surface area contributed by atoms with Crippen LogP contribution in [0.25, 0.3) is 0 Å². The first-order valence-electron chi connectivity index (χ1n) is 13.3. The molecule has 0 aromatic carbocycles. The summed E-state index contributed by atoms with van der Waals surface area (Å²) in [6.45, 7) is 2.98. The molecule has 2 aromatic heterocycles. The monoisotopic (exact) mass is 518 g/mol. The Morgan fingerprint density at radius 1 is 1.19 bits per heavy atom. The summed E-state index contributed by atoms with van der Waals surface area (Å²) in [5.41, 5.74) is 4.20. The second-order valence-corrected chi connectivity index (χ2v) is 11.8. The first-order chi connectivity index (χ1) is 17.3. The first-order valence-corrected chi connectivity index (χ1v) is 14.1. The number of rotatable bonds is 8. The summed E-state index contributed by atoms with van der Waals surface area (Å²) < 4.78 is 31.4. The number of hydrogen-bond donors (Lipinski definition) is 1. The number of alkyl halides is 2. The van der Waals surface area contributed by atoms with Gasteiger partial charge < -0.3 is 10.1 Å². The van der Waals surface area contributed by atoms with Gasteiger partial charge in [-0.05, 0) is 87.8 Å². The van der Waals surface area contributed by atoms with Crippen molar-refractivity contribution in [1.29, 1.82) is 0 Å². The summed E-state index contributed by atoms with van der Waals surface area (Å²) in [6, 6.07) is 0.245. The Hall–Kier alpha value is -2.13. The number of thiazole rings is 1. The van der Waals surface area contributed by atoms with E-state index in [9.17, 15) is 13.6 Å². The van der Waals surface area contributed by atoms with Crippen molar-refractivity contribution in [3.8, 4) is 5.19 Å². The zero-order valence-electron chi connectivity index (χ0n) is 21.0. The maximum Gasteiger partial charge on any atom is 0.278 e. The van der Waals surface area contributed by atoms with Crippen LogP contribution in [0.15, 0.2) is 12.4 Å². The molecule has 0 spiro atoms. The fraction of sp³-hybridized carbons (Fsp3) is 0.667. The van der Waals surface area contributed by atoms with Crippen LogP contribution in [0.1, 0.15) is 83.9 Å². The van der Waals surface area contributed by atoms with Gasteiger partial charge in [0.15, 0.2) is 6.61 Å². The molecule has 0 bridgehead atoms. The van der Waals surface area contributed by atoms with E-state index in [1.165, 1.54) is 28.9 Å². The Kier molecular flexibility index (Phi) is 7.86. The third kappa shape index (κ3) is 6.40. The molecule has 196 valence electrons. The second kappa shape index (κ2) is 11.1. The zero-order valence-corrected chi connectivity index (χ0v) is 21.8. The Morgan fingerprint density at radius 2 is 2.00 bits per heavy atom. The molecule has 0 saturated heterocycles. The largest absolute Gasteiger partial charge is 0.464 e. The quantitative estimate of drug-likeness (QED) is 0.521. The fourth-order valence-electron chi connectivity index (χ4n) is 5.75. The fourth-order valence-corrected chi connectivity index (χ4v) is 6.65. The van der Waals surface area contributed by atoms with Gasteiger partial charge in [-0.15, -0.1) is 0 Å². The molecule has 3 heterocycles. The number of fused-ring (bicyclic) bond motifs is 2. The van der Waals surface area contributed by atoms with Crippen LogP contribution in [0.4, 0.5) is 8.78 Å². The molecule has 1 amide bonds. The summed E-state index contributed by atoms with van der Waals surface area (Å²) >= 11 is 1.40. The van der Waals surface area contributed by atoms with Gasteiger partial charge in [0.25, 0.3) is 17.0 Å². The minimum absolute atomic E-state index is 0.0445. The summed E-state index contributed by atoms with van der Waals surface area (Å²) in [4.78, 5) is 25.3. The molecule has 9 heteroatoms. The molecule has 36 heavy (non-hydrogen) atoms. The predicted molar refractivity (Wildman–Crippen MR) is 136 cm³/mol. The summed E-state index contributed by atoms with van der Waals surface area (Å²) in [5, 5.41) is 3.65. The van der Waals surface area contributed by atoms with Crippen LogP contribution in [0.3, 0.4) is 0 Å². The molecule has 5 rings (SSSR count). The number of ether oxygens (including phenoxy) is 1. The summed E-state index contributed by atoms with van der Waals surface area (Å²) in [6.07, 6.45) is 14.4. The normalized spacial score (nSPS) is 22.5. The Bertz CT molecular complexity index is 1060. The van der Waals surface area contributed by atoms with E-state index in [0.717, 1.165) is 100 Å². The molecule has 1 saturated carbocycles. The number of aromatic nitrogens is 2. The lowest BCUT2D eigenvalue weighted by molar-refractivity contribution is -0.0230. The van der Waals surface area contributed by atoms with E-state index in [0.29, 0.717) is 11.1 Å². The van der Waals surface area contributed by atoms with Gasteiger partial charge in [-0.2, -0.15) is 0 Å². The summed E-state index contributed by atoms with van der Waals surface area (Å²) in [7, 11) is 0. The SMILES string of the molecule is CC(F)(F)COc1nc2c(s1)CCN(CCC1CCC(NC(=O)c3cncc4c3CCCC4)CC1)C2. The van der Waals surface area contributed by atoms with E-state index in [-0.39, 0.29) is 11.9 Å². The highest BCUT2D eigenvalue weighted by atomic mass is 32.1.